The molecule has 1 rings (SSSR count). The van der Waals surface area contributed by atoms with Gasteiger partial charge in [0, 0.05) is 19.3 Å². The first-order chi connectivity index (χ1) is 6.18. The number of carbonyl (C=O) groups is 1. The smallest absolute Gasteiger partial charge is 0.404 e. The fourth-order valence-corrected chi connectivity index (χ4v) is 1.03. The van der Waals surface area contributed by atoms with E-state index in [-0.39, 0.29) is 0 Å². The van der Waals surface area contributed by atoms with Crippen LogP contribution in [-0.2, 0) is 6.54 Å². The molecule has 72 valence electrons. The van der Waals surface area contributed by atoms with Crippen molar-refractivity contribution in [3.63, 3.8) is 0 Å². The van der Waals surface area contributed by atoms with Gasteiger partial charge in [-0.1, -0.05) is 0 Å². The van der Waals surface area contributed by atoms with Crippen LogP contribution in [0.4, 0.5) is 4.79 Å². The molecular formula is C8H13N3O2. The van der Waals surface area contributed by atoms with Gasteiger partial charge in [0.25, 0.3) is 0 Å². The maximum Gasteiger partial charge on any atom is 0.404 e. The summed E-state index contributed by atoms with van der Waals surface area (Å²) in [6.07, 6.45) is 3.50. The van der Waals surface area contributed by atoms with Crippen LogP contribution in [0.3, 0.4) is 0 Å². The van der Waals surface area contributed by atoms with Gasteiger partial charge in [-0.15, -0.1) is 0 Å². The van der Waals surface area contributed by atoms with Crippen LogP contribution in [-0.4, -0.2) is 27.5 Å². The quantitative estimate of drug-likeness (QED) is 0.680. The van der Waals surface area contributed by atoms with Gasteiger partial charge >= 0.3 is 6.09 Å². The summed E-state index contributed by atoms with van der Waals surface area (Å²) in [6, 6.07) is 0. The van der Waals surface area contributed by atoms with Crippen molar-refractivity contribution in [2.45, 2.75) is 19.9 Å². The molecule has 0 saturated carbocycles. The van der Waals surface area contributed by atoms with Crippen LogP contribution in [0.2, 0.25) is 0 Å². The molecule has 0 aliphatic heterocycles. The Morgan fingerprint density at radius 1 is 1.77 bits per heavy atom. The first-order valence-electron chi connectivity index (χ1n) is 4.14. The number of nitrogens with one attached hydrogen (secondary N) is 1. The predicted molar refractivity (Wildman–Crippen MR) is 47.6 cm³/mol. The highest BCUT2D eigenvalue weighted by atomic mass is 16.4. The van der Waals surface area contributed by atoms with Gasteiger partial charge < -0.3 is 10.4 Å². The Bertz CT molecular complexity index is 283. The molecule has 13 heavy (non-hydrogen) atoms. The van der Waals surface area contributed by atoms with Crippen molar-refractivity contribution in [2.75, 3.05) is 6.54 Å². The minimum absolute atomic E-state index is 0.467. The summed E-state index contributed by atoms with van der Waals surface area (Å²) >= 11 is 0. The van der Waals surface area contributed by atoms with Gasteiger partial charge in [-0.2, -0.15) is 5.10 Å². The van der Waals surface area contributed by atoms with Crippen molar-refractivity contribution in [1.29, 1.82) is 0 Å². The van der Waals surface area contributed by atoms with Crippen LogP contribution in [0, 0.1) is 6.92 Å². The van der Waals surface area contributed by atoms with Crippen molar-refractivity contribution in [2.24, 2.45) is 0 Å². The number of nitrogens with zero attached hydrogens (tertiary/aromatic N) is 2. The molecule has 5 heteroatoms. The highest BCUT2D eigenvalue weighted by Gasteiger charge is 1.95. The van der Waals surface area contributed by atoms with Crippen molar-refractivity contribution >= 4 is 6.09 Å². The van der Waals surface area contributed by atoms with Crippen molar-refractivity contribution in [3.8, 4) is 0 Å². The van der Waals surface area contributed by atoms with Gasteiger partial charge in [0.05, 0.1) is 6.20 Å². The molecule has 0 fully saturated rings. The standard InChI is InChI=1S/C8H13N3O2/c1-7-5-10-11(6-7)4-2-3-9-8(12)13/h5-6,9H,2-4H2,1H3,(H,12,13). The summed E-state index contributed by atoms with van der Waals surface area (Å²) in [6.45, 7) is 3.18. The average molecular weight is 183 g/mol. The Morgan fingerprint density at radius 2 is 2.54 bits per heavy atom. The van der Waals surface area contributed by atoms with Crippen molar-refractivity contribution in [1.82, 2.24) is 15.1 Å². The maximum absolute atomic E-state index is 10.1. The van der Waals surface area contributed by atoms with Crippen LogP contribution >= 0.6 is 0 Å². The lowest BCUT2D eigenvalue weighted by atomic mass is 10.4. The fraction of sp³-hybridized carbons (Fsp3) is 0.500. The van der Waals surface area contributed by atoms with E-state index in [1.807, 2.05) is 13.1 Å². The molecule has 0 aliphatic rings. The second kappa shape index (κ2) is 4.49. The lowest BCUT2D eigenvalue weighted by Gasteiger charge is -2.00. The summed E-state index contributed by atoms with van der Waals surface area (Å²) in [5, 5.41) is 14.7. The van der Waals surface area contributed by atoms with Gasteiger partial charge in [-0.3, -0.25) is 4.68 Å². The zero-order valence-electron chi connectivity index (χ0n) is 7.53. The number of hydrogen-bond donors (Lipinski definition) is 2. The Kier molecular flexibility index (Phi) is 3.31. The summed E-state index contributed by atoms with van der Waals surface area (Å²) in [7, 11) is 0. The first kappa shape index (κ1) is 9.57. The van der Waals surface area contributed by atoms with E-state index in [9.17, 15) is 4.79 Å². The molecular weight excluding hydrogens is 170 g/mol. The highest BCUT2D eigenvalue weighted by molar-refractivity contribution is 5.64. The normalized spacial score (nSPS) is 9.92. The van der Waals surface area contributed by atoms with Crippen molar-refractivity contribution < 1.29 is 9.90 Å². The lowest BCUT2D eigenvalue weighted by molar-refractivity contribution is 0.194. The molecule has 1 amide bonds. The summed E-state index contributed by atoms with van der Waals surface area (Å²) < 4.78 is 1.80. The number of aryl methyl sites for hydroxylation is 2. The Balaban J connectivity index is 2.16. The second-order valence-corrected chi connectivity index (χ2v) is 2.87. The van der Waals surface area contributed by atoms with E-state index >= 15 is 0 Å². The number of aromatic nitrogens is 2. The zero-order valence-corrected chi connectivity index (χ0v) is 7.53. The van der Waals surface area contributed by atoms with E-state index in [0.717, 1.165) is 18.5 Å². The number of rotatable bonds is 4. The Morgan fingerprint density at radius 3 is 3.08 bits per heavy atom. The largest absolute Gasteiger partial charge is 0.465 e. The van der Waals surface area contributed by atoms with Crippen molar-refractivity contribution in [3.05, 3.63) is 18.0 Å². The molecule has 0 saturated heterocycles. The molecule has 0 aromatic carbocycles. The van der Waals surface area contributed by atoms with Crippen LogP contribution in [0.1, 0.15) is 12.0 Å². The molecule has 2 N–H and O–H groups in total. The van der Waals surface area contributed by atoms with Gasteiger partial charge in [0.1, 0.15) is 0 Å². The Labute approximate surface area is 76.4 Å². The monoisotopic (exact) mass is 183 g/mol. The number of hydrogen-bond acceptors (Lipinski definition) is 2. The van der Waals surface area contributed by atoms with E-state index in [4.69, 9.17) is 5.11 Å². The average Bonchev–Trinajstić information content (AvgIpc) is 2.45. The third kappa shape index (κ3) is 3.59. The molecule has 0 unspecified atom stereocenters. The third-order valence-electron chi connectivity index (χ3n) is 1.60. The molecule has 0 aliphatic carbocycles. The van der Waals surface area contributed by atoms with Gasteiger partial charge in [-0.05, 0) is 18.9 Å². The van der Waals surface area contributed by atoms with Crippen LogP contribution in [0.5, 0.6) is 0 Å². The van der Waals surface area contributed by atoms with E-state index in [2.05, 4.69) is 10.4 Å². The number of carboxylic acid groups (broad SMARTS) is 1. The minimum Gasteiger partial charge on any atom is -0.465 e. The lowest BCUT2D eigenvalue weighted by Crippen LogP contribution is -2.22. The van der Waals surface area contributed by atoms with E-state index in [1.165, 1.54) is 0 Å². The van der Waals surface area contributed by atoms with E-state index < -0.39 is 6.09 Å². The second-order valence-electron chi connectivity index (χ2n) is 2.87. The summed E-state index contributed by atoms with van der Waals surface area (Å²) in [5.41, 5.74) is 1.12. The van der Waals surface area contributed by atoms with Crippen LogP contribution < -0.4 is 5.32 Å². The predicted octanol–water partition coefficient (Wildman–Crippen LogP) is 0.849. The van der Waals surface area contributed by atoms with Gasteiger partial charge in [-0.25, -0.2) is 4.79 Å². The molecule has 0 spiro atoms. The molecule has 0 atom stereocenters. The Hall–Kier alpha value is -1.52. The summed E-state index contributed by atoms with van der Waals surface area (Å²) in [5.74, 6) is 0. The molecule has 0 radical (unpaired) electrons. The van der Waals surface area contributed by atoms with Crippen LogP contribution in [0.25, 0.3) is 0 Å². The molecule has 1 aromatic heterocycles. The van der Waals surface area contributed by atoms with Gasteiger partial charge in [0.15, 0.2) is 0 Å². The SMILES string of the molecule is Cc1cnn(CCCNC(=O)O)c1. The molecule has 0 bridgehead atoms. The maximum atomic E-state index is 10.1. The topological polar surface area (TPSA) is 67.2 Å². The van der Waals surface area contributed by atoms with E-state index in [0.29, 0.717) is 6.54 Å². The van der Waals surface area contributed by atoms with E-state index in [1.54, 1.807) is 10.9 Å². The molecule has 1 aromatic rings. The van der Waals surface area contributed by atoms with Crippen LogP contribution in [0.15, 0.2) is 12.4 Å². The first-order valence-corrected chi connectivity index (χ1v) is 4.14. The zero-order chi connectivity index (χ0) is 9.68. The summed E-state index contributed by atoms with van der Waals surface area (Å²) in [4.78, 5) is 10.1. The molecule has 1 heterocycles. The fourth-order valence-electron chi connectivity index (χ4n) is 1.03. The number of amides is 1. The third-order valence-corrected chi connectivity index (χ3v) is 1.60. The molecule has 5 nitrogen and oxygen atoms in total. The minimum atomic E-state index is -0.975. The van der Waals surface area contributed by atoms with Gasteiger partial charge in [0.2, 0.25) is 0 Å². The highest BCUT2D eigenvalue weighted by Crippen LogP contribution is 1.94.